The first-order valence-electron chi connectivity index (χ1n) is 12.6. The van der Waals surface area contributed by atoms with Gasteiger partial charge in [0, 0.05) is 43.3 Å². The highest BCUT2D eigenvalue weighted by molar-refractivity contribution is 5.83. The number of piperidine rings is 1. The molecule has 1 aliphatic rings. The van der Waals surface area contributed by atoms with Gasteiger partial charge in [0.15, 0.2) is 5.82 Å². The van der Waals surface area contributed by atoms with Crippen molar-refractivity contribution in [1.29, 1.82) is 0 Å². The average molecular weight is 453 g/mol. The van der Waals surface area contributed by atoms with E-state index in [1.165, 1.54) is 16.7 Å². The summed E-state index contributed by atoms with van der Waals surface area (Å²) < 4.78 is 0. The smallest absolute Gasteiger partial charge is 0.249 e. The molecule has 1 amide bonds. The van der Waals surface area contributed by atoms with Crippen LogP contribution in [0.15, 0.2) is 24.4 Å². The van der Waals surface area contributed by atoms with Gasteiger partial charge in [-0.2, -0.15) is 0 Å². The molecular formula is C27H40N4O2. The van der Waals surface area contributed by atoms with Crippen molar-refractivity contribution in [2.45, 2.75) is 90.6 Å². The second-order valence-electron chi connectivity index (χ2n) is 9.29. The molecule has 1 fully saturated rings. The summed E-state index contributed by atoms with van der Waals surface area (Å²) in [4.78, 5) is 24.1. The Kier molecular flexibility index (Phi) is 8.46. The van der Waals surface area contributed by atoms with Crippen molar-refractivity contribution in [1.82, 2.24) is 9.97 Å². The first-order valence-corrected chi connectivity index (χ1v) is 12.6. The largest absolute Gasteiger partial charge is 0.380 e. The van der Waals surface area contributed by atoms with E-state index in [-0.39, 0.29) is 0 Å². The van der Waals surface area contributed by atoms with Crippen molar-refractivity contribution < 1.29 is 9.90 Å². The van der Waals surface area contributed by atoms with Gasteiger partial charge in [-0.3, -0.25) is 4.79 Å². The SMILES string of the molecule is CCCC(CCC)c1cnc(-c2c(CC)cccc2CC)nc1N1CCC(O)(C(N)=O)CC1. The maximum Gasteiger partial charge on any atom is 0.249 e. The molecule has 3 rings (SSSR count). The first kappa shape index (κ1) is 25.2. The normalized spacial score (nSPS) is 15.8. The summed E-state index contributed by atoms with van der Waals surface area (Å²) in [5, 5.41) is 10.6. The van der Waals surface area contributed by atoms with Crippen molar-refractivity contribution in [3.05, 3.63) is 41.1 Å². The van der Waals surface area contributed by atoms with Crippen LogP contribution in [-0.4, -0.2) is 39.7 Å². The fourth-order valence-electron chi connectivity index (χ4n) is 5.06. The lowest BCUT2D eigenvalue weighted by Gasteiger charge is -2.38. The van der Waals surface area contributed by atoms with E-state index in [9.17, 15) is 9.90 Å². The quantitative estimate of drug-likeness (QED) is 0.542. The Balaban J connectivity index is 2.10. The molecule has 6 heteroatoms. The molecule has 3 N–H and O–H groups in total. The predicted molar refractivity (Wildman–Crippen MR) is 134 cm³/mol. The van der Waals surface area contributed by atoms with E-state index < -0.39 is 11.5 Å². The molecule has 0 spiro atoms. The number of rotatable bonds is 10. The molecular weight excluding hydrogens is 412 g/mol. The Labute approximate surface area is 198 Å². The molecule has 0 unspecified atom stereocenters. The summed E-state index contributed by atoms with van der Waals surface area (Å²) in [6, 6.07) is 6.44. The summed E-state index contributed by atoms with van der Waals surface area (Å²) in [7, 11) is 0. The Morgan fingerprint density at radius 1 is 1.09 bits per heavy atom. The first-order chi connectivity index (χ1) is 15.9. The molecule has 0 bridgehead atoms. The van der Waals surface area contributed by atoms with E-state index in [1.54, 1.807) is 0 Å². The summed E-state index contributed by atoms with van der Waals surface area (Å²) in [6.45, 7) is 9.86. The molecule has 0 radical (unpaired) electrons. The minimum absolute atomic E-state index is 0.319. The van der Waals surface area contributed by atoms with Crippen molar-refractivity contribution in [2.75, 3.05) is 18.0 Å². The molecule has 2 aromatic rings. The number of primary amides is 1. The molecule has 6 nitrogen and oxygen atoms in total. The van der Waals surface area contributed by atoms with Crippen molar-refractivity contribution in [3.63, 3.8) is 0 Å². The number of amides is 1. The minimum atomic E-state index is -1.43. The lowest BCUT2D eigenvalue weighted by Crippen LogP contribution is -2.52. The van der Waals surface area contributed by atoms with Crippen LogP contribution in [0, 0.1) is 0 Å². The van der Waals surface area contributed by atoms with Crippen LogP contribution in [-0.2, 0) is 17.6 Å². The van der Waals surface area contributed by atoms with Crippen molar-refractivity contribution in [3.8, 4) is 11.4 Å². The highest BCUT2D eigenvalue weighted by Gasteiger charge is 2.38. The van der Waals surface area contributed by atoms with Crippen LogP contribution in [0.1, 0.15) is 88.8 Å². The van der Waals surface area contributed by atoms with Gasteiger partial charge in [0.1, 0.15) is 11.4 Å². The summed E-state index contributed by atoms with van der Waals surface area (Å²) in [5.74, 6) is 1.48. The van der Waals surface area contributed by atoms with E-state index in [2.05, 4.69) is 50.8 Å². The number of carbonyl (C=O) groups is 1. The van der Waals surface area contributed by atoms with Crippen LogP contribution in [0.5, 0.6) is 0 Å². The van der Waals surface area contributed by atoms with Crippen LogP contribution < -0.4 is 10.6 Å². The fourth-order valence-corrected chi connectivity index (χ4v) is 5.06. The Bertz CT molecular complexity index is 923. The molecule has 1 aliphatic heterocycles. The Hall–Kier alpha value is -2.47. The van der Waals surface area contributed by atoms with Gasteiger partial charge >= 0.3 is 0 Å². The number of aliphatic hydroxyl groups is 1. The number of benzene rings is 1. The van der Waals surface area contributed by atoms with Gasteiger partial charge in [0.25, 0.3) is 0 Å². The lowest BCUT2D eigenvalue weighted by atomic mass is 9.88. The van der Waals surface area contributed by atoms with Crippen LogP contribution in [0.2, 0.25) is 0 Å². The summed E-state index contributed by atoms with van der Waals surface area (Å²) in [6.07, 6.45) is 8.91. The van der Waals surface area contributed by atoms with Crippen LogP contribution in [0.25, 0.3) is 11.4 Å². The second kappa shape index (κ2) is 11.1. The average Bonchev–Trinajstić information content (AvgIpc) is 2.83. The molecule has 33 heavy (non-hydrogen) atoms. The number of carbonyl (C=O) groups excluding carboxylic acids is 1. The zero-order chi connectivity index (χ0) is 24.0. The number of nitrogens with two attached hydrogens (primary N) is 1. The number of aromatic nitrogens is 2. The van der Waals surface area contributed by atoms with E-state index in [4.69, 9.17) is 15.7 Å². The van der Waals surface area contributed by atoms with Crippen molar-refractivity contribution in [2.24, 2.45) is 5.73 Å². The predicted octanol–water partition coefficient (Wildman–Crippen LogP) is 4.77. The van der Waals surface area contributed by atoms with Gasteiger partial charge in [-0.1, -0.05) is 58.7 Å². The Morgan fingerprint density at radius 3 is 2.15 bits per heavy atom. The molecule has 1 aromatic heterocycles. The minimum Gasteiger partial charge on any atom is -0.380 e. The third-order valence-corrected chi connectivity index (χ3v) is 7.08. The molecule has 1 saturated heterocycles. The zero-order valence-electron chi connectivity index (χ0n) is 20.7. The number of hydrogen-bond acceptors (Lipinski definition) is 5. The third-order valence-electron chi connectivity index (χ3n) is 7.08. The molecule has 0 atom stereocenters. The molecule has 2 heterocycles. The second-order valence-corrected chi connectivity index (χ2v) is 9.29. The molecule has 0 aliphatic carbocycles. The van der Waals surface area contributed by atoms with Crippen LogP contribution in [0.3, 0.4) is 0 Å². The van der Waals surface area contributed by atoms with E-state index in [0.29, 0.717) is 31.8 Å². The van der Waals surface area contributed by atoms with Gasteiger partial charge < -0.3 is 15.7 Å². The maximum atomic E-state index is 11.8. The third kappa shape index (κ3) is 5.37. The highest BCUT2D eigenvalue weighted by atomic mass is 16.3. The molecule has 0 saturated carbocycles. The number of aryl methyl sites for hydroxylation is 2. The van der Waals surface area contributed by atoms with Crippen molar-refractivity contribution >= 4 is 11.7 Å². The fraction of sp³-hybridized carbons (Fsp3) is 0.593. The van der Waals surface area contributed by atoms with Crippen LogP contribution in [0.4, 0.5) is 5.82 Å². The van der Waals surface area contributed by atoms with Gasteiger partial charge in [0.2, 0.25) is 5.91 Å². The summed E-state index contributed by atoms with van der Waals surface area (Å²) in [5.41, 5.74) is 8.88. The highest BCUT2D eigenvalue weighted by Crippen LogP contribution is 2.37. The summed E-state index contributed by atoms with van der Waals surface area (Å²) >= 11 is 0. The Morgan fingerprint density at radius 2 is 1.67 bits per heavy atom. The zero-order valence-corrected chi connectivity index (χ0v) is 20.7. The van der Waals surface area contributed by atoms with E-state index in [1.807, 2.05) is 6.20 Å². The van der Waals surface area contributed by atoms with Gasteiger partial charge in [-0.25, -0.2) is 9.97 Å². The standard InChI is InChI=1S/C27H40N4O2/c1-5-10-21(11-6-2)22-18-29-24(23-19(7-3)12-9-13-20(23)8-4)30-25(22)31-16-14-27(33,15-17-31)26(28)32/h9,12-13,18,21,33H,5-8,10-11,14-17H2,1-4H3,(H2,28,32). The monoisotopic (exact) mass is 452 g/mol. The number of nitrogens with zero attached hydrogens (tertiary/aromatic N) is 3. The lowest BCUT2D eigenvalue weighted by molar-refractivity contribution is -0.138. The van der Waals surface area contributed by atoms with Gasteiger partial charge in [-0.05, 0) is 42.7 Å². The molecule has 180 valence electrons. The van der Waals surface area contributed by atoms with E-state index in [0.717, 1.165) is 55.7 Å². The van der Waals surface area contributed by atoms with E-state index >= 15 is 0 Å². The molecule has 1 aromatic carbocycles. The maximum absolute atomic E-state index is 11.8. The van der Waals surface area contributed by atoms with Gasteiger partial charge in [0.05, 0.1) is 0 Å². The number of hydrogen-bond donors (Lipinski definition) is 2. The topological polar surface area (TPSA) is 92.3 Å². The number of anilines is 1. The van der Waals surface area contributed by atoms with Crippen LogP contribution >= 0.6 is 0 Å². The van der Waals surface area contributed by atoms with Gasteiger partial charge in [-0.15, -0.1) is 0 Å².